The van der Waals surface area contributed by atoms with Crippen LogP contribution in [-0.4, -0.2) is 45.2 Å². The summed E-state index contributed by atoms with van der Waals surface area (Å²) in [7, 11) is 1.87. The summed E-state index contributed by atoms with van der Waals surface area (Å²) < 4.78 is 1.75. The zero-order valence-electron chi connectivity index (χ0n) is 17.1. The third-order valence-electron chi connectivity index (χ3n) is 5.74. The van der Waals surface area contributed by atoms with Gasteiger partial charge in [0.25, 0.3) is 5.91 Å². The largest absolute Gasteiger partial charge is 0.350 e. The number of amides is 1. The van der Waals surface area contributed by atoms with Gasteiger partial charge in [0.2, 0.25) is 0 Å². The molecule has 1 aromatic carbocycles. The maximum atomic E-state index is 13.0. The van der Waals surface area contributed by atoms with Crippen molar-refractivity contribution in [1.82, 2.24) is 25.0 Å². The van der Waals surface area contributed by atoms with Crippen molar-refractivity contribution in [1.29, 1.82) is 0 Å². The Labute approximate surface area is 175 Å². The van der Waals surface area contributed by atoms with Crippen LogP contribution in [0, 0.1) is 13.8 Å². The molecular formula is C22H26ClN5O. The lowest BCUT2D eigenvalue weighted by Crippen LogP contribution is -2.37. The molecule has 4 rings (SSSR count). The number of aromatic nitrogens is 3. The van der Waals surface area contributed by atoms with Crippen molar-refractivity contribution in [3.05, 3.63) is 57.9 Å². The maximum absolute atomic E-state index is 13.0. The van der Waals surface area contributed by atoms with Crippen LogP contribution in [0.3, 0.4) is 0 Å². The number of carbonyl (C=O) groups excluding carboxylic acids is 1. The SMILES string of the molecule is Cc1nc2c(cc1C(=O)NCC(c1ccccc1Cl)N1CCCC1)c(C)nn2C. The zero-order valence-corrected chi connectivity index (χ0v) is 17.8. The lowest BCUT2D eigenvalue weighted by molar-refractivity contribution is 0.0937. The van der Waals surface area contributed by atoms with Crippen LogP contribution in [0.2, 0.25) is 5.02 Å². The standard InChI is InChI=1S/C22H26ClN5O/c1-14-18(12-17-15(2)26-27(3)21(17)25-14)22(29)24-13-20(28-10-6-7-11-28)16-8-4-5-9-19(16)23/h4-5,8-9,12,20H,6-7,10-11,13H2,1-3H3,(H,24,29). The zero-order chi connectivity index (χ0) is 20.5. The number of hydrogen-bond acceptors (Lipinski definition) is 4. The molecule has 1 saturated heterocycles. The number of carbonyl (C=O) groups is 1. The summed E-state index contributed by atoms with van der Waals surface area (Å²) in [6, 6.07) is 9.86. The number of fused-ring (bicyclic) bond motifs is 1. The van der Waals surface area contributed by atoms with Crippen LogP contribution in [0.5, 0.6) is 0 Å². The van der Waals surface area contributed by atoms with E-state index in [2.05, 4.69) is 26.4 Å². The molecule has 1 fully saturated rings. The molecular weight excluding hydrogens is 386 g/mol. The first-order chi connectivity index (χ1) is 14.0. The number of rotatable bonds is 5. The fraction of sp³-hybridized carbons (Fsp3) is 0.409. The summed E-state index contributed by atoms with van der Waals surface area (Å²) in [5.74, 6) is -0.114. The quantitative estimate of drug-likeness (QED) is 0.693. The van der Waals surface area contributed by atoms with Crippen LogP contribution in [0.25, 0.3) is 11.0 Å². The summed E-state index contributed by atoms with van der Waals surface area (Å²) in [5.41, 5.74) is 4.02. The predicted octanol–water partition coefficient (Wildman–Crippen LogP) is 3.81. The minimum Gasteiger partial charge on any atom is -0.350 e. The molecule has 0 spiro atoms. The molecule has 0 aliphatic carbocycles. The molecule has 1 N–H and O–H groups in total. The lowest BCUT2D eigenvalue weighted by atomic mass is 10.0. The number of hydrogen-bond donors (Lipinski definition) is 1. The van der Waals surface area contributed by atoms with E-state index in [0.717, 1.165) is 40.4 Å². The second-order valence-electron chi connectivity index (χ2n) is 7.69. The normalized spacial score (nSPS) is 15.7. The fourth-order valence-corrected chi connectivity index (χ4v) is 4.44. The summed E-state index contributed by atoms with van der Waals surface area (Å²) >= 11 is 6.48. The van der Waals surface area contributed by atoms with Gasteiger partial charge in [-0.1, -0.05) is 29.8 Å². The highest BCUT2D eigenvalue weighted by molar-refractivity contribution is 6.31. The summed E-state index contributed by atoms with van der Waals surface area (Å²) in [6.45, 7) is 6.34. The number of benzene rings is 1. The molecule has 1 aliphatic heterocycles. The van der Waals surface area contributed by atoms with Gasteiger partial charge in [-0.15, -0.1) is 0 Å². The van der Waals surface area contributed by atoms with E-state index < -0.39 is 0 Å². The van der Waals surface area contributed by atoms with E-state index in [9.17, 15) is 4.79 Å². The van der Waals surface area contributed by atoms with Crippen molar-refractivity contribution in [3.63, 3.8) is 0 Å². The molecule has 2 aromatic heterocycles. The van der Waals surface area contributed by atoms with Gasteiger partial charge in [0.05, 0.1) is 23.0 Å². The highest BCUT2D eigenvalue weighted by Crippen LogP contribution is 2.30. The Morgan fingerprint density at radius 3 is 2.66 bits per heavy atom. The third-order valence-corrected chi connectivity index (χ3v) is 6.08. The molecule has 0 saturated carbocycles. The van der Waals surface area contributed by atoms with Crippen LogP contribution in [0.4, 0.5) is 0 Å². The lowest BCUT2D eigenvalue weighted by Gasteiger charge is -2.29. The van der Waals surface area contributed by atoms with E-state index in [1.807, 2.05) is 45.2 Å². The Bertz CT molecular complexity index is 1050. The molecule has 7 heteroatoms. The minimum absolute atomic E-state index is 0.0623. The summed E-state index contributed by atoms with van der Waals surface area (Å²) in [5, 5.41) is 9.18. The van der Waals surface area contributed by atoms with E-state index in [1.54, 1.807) is 4.68 Å². The van der Waals surface area contributed by atoms with Crippen LogP contribution >= 0.6 is 11.6 Å². The van der Waals surface area contributed by atoms with Gasteiger partial charge in [-0.25, -0.2) is 4.98 Å². The first-order valence-electron chi connectivity index (χ1n) is 10.0. The average Bonchev–Trinajstić information content (AvgIpc) is 3.31. The molecule has 1 unspecified atom stereocenters. The molecule has 29 heavy (non-hydrogen) atoms. The van der Waals surface area contributed by atoms with E-state index in [4.69, 9.17) is 11.6 Å². The van der Waals surface area contributed by atoms with Gasteiger partial charge in [0, 0.05) is 24.0 Å². The van der Waals surface area contributed by atoms with Crippen molar-refractivity contribution in [3.8, 4) is 0 Å². The molecule has 3 heterocycles. The molecule has 6 nitrogen and oxygen atoms in total. The van der Waals surface area contributed by atoms with Crippen molar-refractivity contribution in [2.75, 3.05) is 19.6 Å². The van der Waals surface area contributed by atoms with E-state index in [0.29, 0.717) is 17.8 Å². The van der Waals surface area contributed by atoms with Crippen molar-refractivity contribution in [2.45, 2.75) is 32.7 Å². The monoisotopic (exact) mass is 411 g/mol. The Morgan fingerprint density at radius 1 is 1.21 bits per heavy atom. The molecule has 1 atom stereocenters. The first kappa shape index (κ1) is 19.9. The van der Waals surface area contributed by atoms with Crippen LogP contribution in [0.1, 0.15) is 46.2 Å². The number of pyridine rings is 1. The number of halogens is 1. The smallest absolute Gasteiger partial charge is 0.253 e. The number of aryl methyl sites for hydroxylation is 3. The van der Waals surface area contributed by atoms with Gasteiger partial charge >= 0.3 is 0 Å². The maximum Gasteiger partial charge on any atom is 0.253 e. The molecule has 152 valence electrons. The number of nitrogens with zero attached hydrogens (tertiary/aromatic N) is 4. The summed E-state index contributed by atoms with van der Waals surface area (Å²) in [4.78, 5) is 20.0. The fourth-order valence-electron chi connectivity index (χ4n) is 4.18. The highest BCUT2D eigenvalue weighted by Gasteiger charge is 2.26. The topological polar surface area (TPSA) is 63.1 Å². The predicted molar refractivity (Wildman–Crippen MR) is 115 cm³/mol. The van der Waals surface area contributed by atoms with Crippen LogP contribution < -0.4 is 5.32 Å². The third kappa shape index (κ3) is 3.87. The molecule has 1 aliphatic rings. The Balaban J connectivity index is 1.58. The van der Waals surface area contributed by atoms with Gasteiger partial charge in [0.1, 0.15) is 0 Å². The van der Waals surface area contributed by atoms with Gasteiger partial charge in [-0.2, -0.15) is 5.10 Å². The van der Waals surface area contributed by atoms with Crippen molar-refractivity contribution >= 4 is 28.5 Å². The first-order valence-corrected chi connectivity index (χ1v) is 10.4. The van der Waals surface area contributed by atoms with E-state index >= 15 is 0 Å². The molecule has 1 amide bonds. The van der Waals surface area contributed by atoms with Gasteiger partial charge in [-0.3, -0.25) is 14.4 Å². The molecule has 3 aromatic rings. The van der Waals surface area contributed by atoms with Crippen molar-refractivity contribution < 1.29 is 4.79 Å². The Morgan fingerprint density at radius 2 is 1.93 bits per heavy atom. The second kappa shape index (κ2) is 8.13. The Kier molecular flexibility index (Phi) is 5.56. The van der Waals surface area contributed by atoms with Gasteiger partial charge in [-0.05, 0) is 57.5 Å². The molecule has 0 bridgehead atoms. The molecule has 0 radical (unpaired) electrons. The van der Waals surface area contributed by atoms with Crippen molar-refractivity contribution in [2.24, 2.45) is 7.05 Å². The van der Waals surface area contributed by atoms with Crippen LogP contribution in [0.15, 0.2) is 30.3 Å². The second-order valence-corrected chi connectivity index (χ2v) is 8.10. The van der Waals surface area contributed by atoms with E-state index in [-0.39, 0.29) is 11.9 Å². The van der Waals surface area contributed by atoms with Gasteiger partial charge < -0.3 is 5.32 Å². The summed E-state index contributed by atoms with van der Waals surface area (Å²) in [6.07, 6.45) is 2.35. The number of nitrogens with one attached hydrogen (secondary N) is 1. The van der Waals surface area contributed by atoms with Gasteiger partial charge in [0.15, 0.2) is 5.65 Å². The van der Waals surface area contributed by atoms with E-state index in [1.165, 1.54) is 12.8 Å². The average molecular weight is 412 g/mol. The van der Waals surface area contributed by atoms with Crippen LogP contribution in [-0.2, 0) is 7.05 Å². The number of likely N-dealkylation sites (tertiary alicyclic amines) is 1. The minimum atomic E-state index is -0.114. The highest BCUT2D eigenvalue weighted by atomic mass is 35.5. The Hall–Kier alpha value is -2.44.